The van der Waals surface area contributed by atoms with Gasteiger partial charge in [-0.1, -0.05) is 0 Å². The van der Waals surface area contributed by atoms with E-state index in [1.807, 2.05) is 0 Å². The molecule has 0 spiro atoms. The number of benzene rings is 1. The number of rotatable bonds is 3. The molecule has 0 saturated carbocycles. The molecule has 1 aromatic carbocycles. The number of nitrogens with zero attached hydrogens (tertiary/aromatic N) is 1. The van der Waals surface area contributed by atoms with E-state index < -0.39 is 4.92 Å². The Morgan fingerprint density at radius 1 is 1.42 bits per heavy atom. The van der Waals surface area contributed by atoms with E-state index in [0.29, 0.717) is 18.0 Å². The van der Waals surface area contributed by atoms with Gasteiger partial charge < -0.3 is 4.18 Å². The summed E-state index contributed by atoms with van der Waals surface area (Å²) in [6.45, 7) is 0. The average molecular weight is 186 g/mol. The van der Waals surface area contributed by atoms with Crippen molar-refractivity contribution >= 4 is 17.9 Å². The van der Waals surface area contributed by atoms with Crippen LogP contribution in [0.4, 0.5) is 5.69 Å². The Kier molecular flexibility index (Phi) is 2.89. The van der Waals surface area contributed by atoms with Crippen LogP contribution in [0.15, 0.2) is 24.3 Å². The molecule has 0 saturated heterocycles. The van der Waals surface area contributed by atoms with Crippen LogP contribution in [0.3, 0.4) is 0 Å². The fraction of sp³-hybridized carbons (Fsp3) is 0. The fourth-order valence-electron chi connectivity index (χ4n) is 0.679. The first-order valence-corrected chi connectivity index (χ1v) is 3.82. The summed E-state index contributed by atoms with van der Waals surface area (Å²) in [4.78, 5) is 9.73. The SMILES string of the molecule is NSOc1ccc([N+](=O)[O-])cc1. The molecule has 1 aromatic rings. The third kappa shape index (κ3) is 2.11. The zero-order valence-electron chi connectivity index (χ0n) is 5.97. The molecule has 1 rings (SSSR count). The Labute approximate surface area is 73.0 Å². The van der Waals surface area contributed by atoms with E-state index in [-0.39, 0.29) is 5.69 Å². The summed E-state index contributed by atoms with van der Waals surface area (Å²) in [5, 5.41) is 15.2. The maximum atomic E-state index is 10.2. The van der Waals surface area contributed by atoms with Crippen molar-refractivity contribution in [2.75, 3.05) is 0 Å². The summed E-state index contributed by atoms with van der Waals surface area (Å²) in [7, 11) is 0. The molecule has 0 aliphatic carbocycles. The summed E-state index contributed by atoms with van der Waals surface area (Å²) in [6.07, 6.45) is 0. The fourth-order valence-corrected chi connectivity index (χ4v) is 0.901. The number of nitro benzene ring substituents is 1. The van der Waals surface area contributed by atoms with Gasteiger partial charge in [0, 0.05) is 12.1 Å². The number of hydrogen-bond donors (Lipinski definition) is 1. The third-order valence-electron chi connectivity index (χ3n) is 1.19. The van der Waals surface area contributed by atoms with E-state index in [4.69, 9.17) is 9.32 Å². The van der Waals surface area contributed by atoms with E-state index in [0.717, 1.165) is 0 Å². The molecule has 0 bridgehead atoms. The first kappa shape index (κ1) is 8.82. The summed E-state index contributed by atoms with van der Waals surface area (Å²) < 4.78 is 4.81. The first-order chi connectivity index (χ1) is 5.74. The lowest BCUT2D eigenvalue weighted by molar-refractivity contribution is -0.384. The second-order valence-corrected chi connectivity index (χ2v) is 2.29. The van der Waals surface area contributed by atoms with Crippen LogP contribution in [0, 0.1) is 10.1 Å². The number of non-ortho nitro benzene ring substituents is 1. The molecule has 0 atom stereocenters. The first-order valence-electron chi connectivity index (χ1n) is 3.02. The van der Waals surface area contributed by atoms with Crippen molar-refractivity contribution < 1.29 is 9.11 Å². The third-order valence-corrected chi connectivity index (χ3v) is 1.48. The average Bonchev–Trinajstić information content (AvgIpc) is 2.06. The summed E-state index contributed by atoms with van der Waals surface area (Å²) in [5.41, 5.74) is 0.0318. The van der Waals surface area contributed by atoms with Crippen LogP contribution < -0.4 is 9.32 Å². The van der Waals surface area contributed by atoms with Crippen LogP contribution in [-0.4, -0.2) is 4.92 Å². The summed E-state index contributed by atoms with van der Waals surface area (Å²) in [6, 6.07) is 5.67. The zero-order chi connectivity index (χ0) is 8.97. The minimum atomic E-state index is -0.473. The van der Waals surface area contributed by atoms with Gasteiger partial charge in [-0.2, -0.15) is 0 Å². The molecule has 0 amide bonds. The van der Waals surface area contributed by atoms with Crippen LogP contribution in [0.25, 0.3) is 0 Å². The van der Waals surface area contributed by atoms with Crippen molar-refractivity contribution in [2.24, 2.45) is 5.14 Å². The maximum absolute atomic E-state index is 10.2. The highest BCUT2D eigenvalue weighted by molar-refractivity contribution is 7.92. The molecule has 64 valence electrons. The Morgan fingerprint density at radius 3 is 2.42 bits per heavy atom. The Balaban J connectivity index is 2.78. The molecule has 0 unspecified atom stereocenters. The number of nitro groups is 1. The van der Waals surface area contributed by atoms with Crippen molar-refractivity contribution in [3.8, 4) is 5.75 Å². The van der Waals surface area contributed by atoms with Crippen molar-refractivity contribution in [1.29, 1.82) is 0 Å². The number of nitrogens with two attached hydrogens (primary N) is 1. The van der Waals surface area contributed by atoms with E-state index >= 15 is 0 Å². The standard InChI is InChI=1S/C6H6N2O3S/c7-12-11-6-3-1-5(2-4-6)8(9)10/h1-4H,7H2. The molecule has 0 aliphatic heterocycles. The second-order valence-electron chi connectivity index (χ2n) is 1.93. The number of hydrogen-bond acceptors (Lipinski definition) is 5. The maximum Gasteiger partial charge on any atom is 0.269 e. The van der Waals surface area contributed by atoms with Gasteiger partial charge in [0.15, 0.2) is 0 Å². The molecule has 2 N–H and O–H groups in total. The van der Waals surface area contributed by atoms with Crippen LogP contribution in [0.2, 0.25) is 0 Å². The van der Waals surface area contributed by atoms with Gasteiger partial charge in [0.25, 0.3) is 5.69 Å². The lowest BCUT2D eigenvalue weighted by Gasteiger charge is -1.97. The molecule has 0 aromatic heterocycles. The largest absolute Gasteiger partial charge is 0.410 e. The van der Waals surface area contributed by atoms with Crippen molar-refractivity contribution in [3.05, 3.63) is 34.4 Å². The summed E-state index contributed by atoms with van der Waals surface area (Å²) >= 11 is 0.699. The minimum Gasteiger partial charge on any atom is -0.410 e. The van der Waals surface area contributed by atoms with Gasteiger partial charge in [-0.3, -0.25) is 10.1 Å². The van der Waals surface area contributed by atoms with Gasteiger partial charge in [0.05, 0.1) is 4.92 Å². The molecule has 12 heavy (non-hydrogen) atoms. The van der Waals surface area contributed by atoms with Crippen molar-refractivity contribution in [3.63, 3.8) is 0 Å². The molecule has 6 heteroatoms. The molecule has 0 fully saturated rings. The van der Waals surface area contributed by atoms with Crippen LogP contribution in [-0.2, 0) is 0 Å². The Morgan fingerprint density at radius 2 is 2.00 bits per heavy atom. The highest BCUT2D eigenvalue weighted by Crippen LogP contribution is 2.18. The smallest absolute Gasteiger partial charge is 0.269 e. The van der Waals surface area contributed by atoms with Gasteiger partial charge in [-0.15, -0.1) is 0 Å². The van der Waals surface area contributed by atoms with Crippen LogP contribution in [0.5, 0.6) is 5.75 Å². The molecule has 0 radical (unpaired) electrons. The highest BCUT2D eigenvalue weighted by Gasteiger charge is 2.03. The highest BCUT2D eigenvalue weighted by atomic mass is 32.2. The van der Waals surface area contributed by atoms with Gasteiger partial charge in [0.1, 0.15) is 18.0 Å². The topological polar surface area (TPSA) is 78.4 Å². The molecule has 5 nitrogen and oxygen atoms in total. The summed E-state index contributed by atoms with van der Waals surface area (Å²) in [5.74, 6) is 0.494. The van der Waals surface area contributed by atoms with Crippen molar-refractivity contribution in [2.45, 2.75) is 0 Å². The van der Waals surface area contributed by atoms with E-state index in [1.54, 1.807) is 0 Å². The van der Waals surface area contributed by atoms with Gasteiger partial charge in [-0.25, -0.2) is 5.14 Å². The predicted molar refractivity (Wildman–Crippen MR) is 45.5 cm³/mol. The molecule has 0 heterocycles. The molecular weight excluding hydrogens is 180 g/mol. The molecular formula is C6H6N2O3S. The van der Waals surface area contributed by atoms with E-state index in [9.17, 15) is 10.1 Å². The lowest BCUT2D eigenvalue weighted by Crippen LogP contribution is -1.89. The molecule has 0 aliphatic rings. The lowest BCUT2D eigenvalue weighted by atomic mass is 10.3. The van der Waals surface area contributed by atoms with Gasteiger partial charge in [-0.05, 0) is 12.1 Å². The normalized spacial score (nSPS) is 9.42. The Bertz CT molecular complexity index is 275. The van der Waals surface area contributed by atoms with E-state index in [1.165, 1.54) is 24.3 Å². The van der Waals surface area contributed by atoms with Crippen molar-refractivity contribution in [1.82, 2.24) is 0 Å². The van der Waals surface area contributed by atoms with Crippen LogP contribution >= 0.6 is 12.2 Å². The quantitative estimate of drug-likeness (QED) is 0.335. The van der Waals surface area contributed by atoms with E-state index in [2.05, 4.69) is 0 Å². The zero-order valence-corrected chi connectivity index (χ0v) is 6.78. The van der Waals surface area contributed by atoms with Gasteiger partial charge >= 0.3 is 0 Å². The Hall–Kier alpha value is -1.27. The van der Waals surface area contributed by atoms with Gasteiger partial charge in [0.2, 0.25) is 0 Å². The second kappa shape index (κ2) is 3.93. The minimum absolute atomic E-state index is 0.0318. The monoisotopic (exact) mass is 186 g/mol. The predicted octanol–water partition coefficient (Wildman–Crippen LogP) is 1.50. The van der Waals surface area contributed by atoms with Crippen LogP contribution in [0.1, 0.15) is 0 Å².